The quantitative estimate of drug-likeness (QED) is 0.717. The lowest BCUT2D eigenvalue weighted by molar-refractivity contribution is -0.130. The molecule has 0 aromatic heterocycles. The Hall–Kier alpha value is -0.530. The second-order valence-corrected chi connectivity index (χ2v) is 5.54. The molecule has 0 aromatic rings. The van der Waals surface area contributed by atoms with Crippen LogP contribution in [0.25, 0.3) is 0 Å². The summed E-state index contributed by atoms with van der Waals surface area (Å²) < 4.78 is 0. The van der Waals surface area contributed by atoms with Gasteiger partial charge in [-0.15, -0.1) is 0 Å². The van der Waals surface area contributed by atoms with Crippen molar-refractivity contribution in [3.05, 3.63) is 0 Å². The van der Waals surface area contributed by atoms with E-state index in [9.17, 15) is 4.79 Å². The summed E-state index contributed by atoms with van der Waals surface area (Å²) in [5.41, 5.74) is 0.498. The van der Waals surface area contributed by atoms with Crippen molar-refractivity contribution in [2.24, 2.45) is 11.3 Å². The third kappa shape index (κ3) is 2.99. The van der Waals surface area contributed by atoms with E-state index in [4.69, 9.17) is 0 Å². The Morgan fingerprint density at radius 3 is 2.25 bits per heavy atom. The normalized spacial score (nSPS) is 21.9. The molecule has 1 rings (SSSR count). The van der Waals surface area contributed by atoms with Crippen LogP contribution in [0, 0.1) is 11.3 Å². The third-order valence-corrected chi connectivity index (χ3v) is 4.55. The van der Waals surface area contributed by atoms with Crippen molar-refractivity contribution < 1.29 is 4.79 Å². The van der Waals surface area contributed by atoms with E-state index in [1.54, 1.807) is 6.92 Å². The van der Waals surface area contributed by atoms with E-state index in [0.717, 1.165) is 19.0 Å². The first-order valence-corrected chi connectivity index (χ1v) is 6.79. The van der Waals surface area contributed by atoms with Gasteiger partial charge in [0.25, 0.3) is 0 Å². The zero-order chi connectivity index (χ0) is 12.2. The molecule has 16 heavy (non-hydrogen) atoms. The molecular formula is C14H27NO. The van der Waals surface area contributed by atoms with Crippen molar-refractivity contribution in [1.29, 1.82) is 0 Å². The van der Waals surface area contributed by atoms with Crippen LogP contribution in [0.3, 0.4) is 0 Å². The first kappa shape index (κ1) is 13.5. The molecule has 1 saturated heterocycles. The van der Waals surface area contributed by atoms with E-state index in [2.05, 4.69) is 20.8 Å². The molecule has 0 N–H and O–H groups in total. The maximum absolute atomic E-state index is 11.3. The predicted molar refractivity (Wildman–Crippen MR) is 68.3 cm³/mol. The van der Waals surface area contributed by atoms with Gasteiger partial charge in [-0.2, -0.15) is 0 Å². The highest BCUT2D eigenvalue weighted by Crippen LogP contribution is 2.41. The first-order valence-electron chi connectivity index (χ1n) is 6.79. The van der Waals surface area contributed by atoms with Gasteiger partial charge in [-0.3, -0.25) is 4.79 Å². The summed E-state index contributed by atoms with van der Waals surface area (Å²) in [6, 6.07) is 0. The van der Waals surface area contributed by atoms with Crippen LogP contribution in [0.5, 0.6) is 0 Å². The molecule has 1 atom stereocenters. The Balaban J connectivity index is 2.54. The van der Waals surface area contributed by atoms with E-state index < -0.39 is 0 Å². The Morgan fingerprint density at radius 1 is 1.31 bits per heavy atom. The summed E-state index contributed by atoms with van der Waals surface area (Å²) in [4.78, 5) is 13.3. The lowest BCUT2D eigenvalue weighted by atomic mass is 9.68. The zero-order valence-corrected chi connectivity index (χ0v) is 11.4. The van der Waals surface area contributed by atoms with Crippen LogP contribution >= 0.6 is 0 Å². The molecule has 1 aliphatic rings. The molecule has 0 aliphatic carbocycles. The SMILES string of the molecule is CCC[C@](C)(CC)C1CCN(C(C)=O)CC1. The van der Waals surface area contributed by atoms with Crippen molar-refractivity contribution in [1.82, 2.24) is 4.90 Å². The molecule has 0 bridgehead atoms. The summed E-state index contributed by atoms with van der Waals surface area (Å²) in [7, 11) is 0. The minimum atomic E-state index is 0.243. The molecular weight excluding hydrogens is 198 g/mol. The van der Waals surface area contributed by atoms with Gasteiger partial charge >= 0.3 is 0 Å². The van der Waals surface area contributed by atoms with Gasteiger partial charge in [0.2, 0.25) is 5.91 Å². The molecule has 1 aliphatic heterocycles. The van der Waals surface area contributed by atoms with Gasteiger partial charge in [-0.1, -0.05) is 33.6 Å². The average Bonchev–Trinajstić information content (AvgIpc) is 2.29. The van der Waals surface area contributed by atoms with Crippen LogP contribution in [0.4, 0.5) is 0 Å². The number of hydrogen-bond acceptors (Lipinski definition) is 1. The van der Waals surface area contributed by atoms with E-state index in [-0.39, 0.29) is 5.91 Å². The van der Waals surface area contributed by atoms with Crippen molar-refractivity contribution in [3.8, 4) is 0 Å². The number of hydrogen-bond donors (Lipinski definition) is 0. The maximum atomic E-state index is 11.3. The number of likely N-dealkylation sites (tertiary alicyclic amines) is 1. The van der Waals surface area contributed by atoms with Crippen LogP contribution in [0.15, 0.2) is 0 Å². The van der Waals surface area contributed by atoms with Gasteiger partial charge in [0.15, 0.2) is 0 Å². The zero-order valence-electron chi connectivity index (χ0n) is 11.4. The predicted octanol–water partition coefficient (Wildman–Crippen LogP) is 3.46. The van der Waals surface area contributed by atoms with Gasteiger partial charge in [-0.05, 0) is 30.6 Å². The van der Waals surface area contributed by atoms with Crippen molar-refractivity contribution >= 4 is 5.91 Å². The maximum Gasteiger partial charge on any atom is 0.219 e. The molecule has 0 aromatic carbocycles. The molecule has 0 unspecified atom stereocenters. The van der Waals surface area contributed by atoms with Gasteiger partial charge in [-0.25, -0.2) is 0 Å². The van der Waals surface area contributed by atoms with E-state index in [1.807, 2.05) is 4.90 Å². The molecule has 1 fully saturated rings. The topological polar surface area (TPSA) is 20.3 Å². The van der Waals surface area contributed by atoms with Crippen molar-refractivity contribution in [3.63, 3.8) is 0 Å². The average molecular weight is 225 g/mol. The smallest absolute Gasteiger partial charge is 0.219 e. The van der Waals surface area contributed by atoms with Crippen LogP contribution < -0.4 is 0 Å². The lowest BCUT2D eigenvalue weighted by Crippen LogP contribution is -2.41. The Kier molecular flexibility index (Phi) is 4.82. The molecule has 0 saturated carbocycles. The summed E-state index contributed by atoms with van der Waals surface area (Å²) >= 11 is 0. The first-order chi connectivity index (χ1) is 7.53. The van der Waals surface area contributed by atoms with Gasteiger partial charge < -0.3 is 4.90 Å². The summed E-state index contributed by atoms with van der Waals surface area (Å²) in [6.45, 7) is 10.7. The molecule has 94 valence electrons. The second kappa shape index (κ2) is 5.70. The lowest BCUT2D eigenvalue weighted by Gasteiger charge is -2.42. The minimum absolute atomic E-state index is 0.243. The number of amides is 1. The molecule has 0 radical (unpaired) electrons. The van der Waals surface area contributed by atoms with Gasteiger partial charge in [0, 0.05) is 20.0 Å². The van der Waals surface area contributed by atoms with Gasteiger partial charge in [0.1, 0.15) is 0 Å². The Labute approximate surface area is 100 Å². The monoisotopic (exact) mass is 225 g/mol. The van der Waals surface area contributed by atoms with E-state index in [1.165, 1.54) is 32.1 Å². The van der Waals surface area contributed by atoms with Crippen molar-refractivity contribution in [2.45, 2.75) is 59.8 Å². The number of piperidine rings is 1. The molecule has 2 nitrogen and oxygen atoms in total. The molecule has 2 heteroatoms. The van der Waals surface area contributed by atoms with Crippen LogP contribution in [0.2, 0.25) is 0 Å². The Bertz CT molecular complexity index is 231. The fraction of sp³-hybridized carbons (Fsp3) is 0.929. The largest absolute Gasteiger partial charge is 0.343 e. The van der Waals surface area contributed by atoms with Crippen molar-refractivity contribution in [2.75, 3.05) is 13.1 Å². The fourth-order valence-electron chi connectivity index (χ4n) is 3.13. The fourth-order valence-corrected chi connectivity index (χ4v) is 3.13. The van der Waals surface area contributed by atoms with Crippen LogP contribution in [0.1, 0.15) is 59.8 Å². The number of nitrogens with zero attached hydrogens (tertiary/aromatic N) is 1. The van der Waals surface area contributed by atoms with Crippen LogP contribution in [-0.4, -0.2) is 23.9 Å². The number of carbonyl (C=O) groups is 1. The standard InChI is InChI=1S/C14H27NO/c1-5-9-14(4,6-2)13-7-10-15(11-8-13)12(3)16/h13H,5-11H2,1-4H3/t14-/m0/s1. The summed E-state index contributed by atoms with van der Waals surface area (Å²) in [5.74, 6) is 1.06. The van der Waals surface area contributed by atoms with Gasteiger partial charge in [0.05, 0.1) is 0 Å². The highest BCUT2D eigenvalue weighted by molar-refractivity contribution is 5.73. The summed E-state index contributed by atoms with van der Waals surface area (Å²) in [5, 5.41) is 0. The van der Waals surface area contributed by atoms with Crippen LogP contribution in [-0.2, 0) is 4.79 Å². The molecule has 1 amide bonds. The minimum Gasteiger partial charge on any atom is -0.343 e. The number of rotatable bonds is 4. The van der Waals surface area contributed by atoms with E-state index >= 15 is 0 Å². The number of carbonyl (C=O) groups excluding carboxylic acids is 1. The second-order valence-electron chi connectivity index (χ2n) is 5.54. The third-order valence-electron chi connectivity index (χ3n) is 4.55. The highest BCUT2D eigenvalue weighted by atomic mass is 16.2. The summed E-state index contributed by atoms with van der Waals surface area (Å²) in [6.07, 6.45) is 6.27. The molecule has 1 heterocycles. The molecule has 0 spiro atoms. The highest BCUT2D eigenvalue weighted by Gasteiger charge is 2.34. The van der Waals surface area contributed by atoms with E-state index in [0.29, 0.717) is 5.41 Å². The Morgan fingerprint density at radius 2 is 1.88 bits per heavy atom.